The minimum atomic E-state index is -1.43. The lowest BCUT2D eigenvalue weighted by molar-refractivity contribution is 0.445. The summed E-state index contributed by atoms with van der Waals surface area (Å²) < 4.78 is 39.2. The summed E-state index contributed by atoms with van der Waals surface area (Å²) in [5.74, 6) is -3.74. The van der Waals surface area contributed by atoms with Gasteiger partial charge in [-0.15, -0.1) is 0 Å². The molecule has 0 fully saturated rings. The fourth-order valence-electron chi connectivity index (χ4n) is 1.60. The van der Waals surface area contributed by atoms with Crippen LogP contribution in [-0.4, -0.2) is 0 Å². The van der Waals surface area contributed by atoms with Crippen molar-refractivity contribution >= 4 is 5.57 Å². The first-order valence-corrected chi connectivity index (χ1v) is 4.80. The van der Waals surface area contributed by atoms with Crippen LogP contribution in [0.4, 0.5) is 13.2 Å². The molecule has 0 heterocycles. The quantitative estimate of drug-likeness (QED) is 0.630. The summed E-state index contributed by atoms with van der Waals surface area (Å²) in [6.07, 6.45) is 7.18. The van der Waals surface area contributed by atoms with Crippen LogP contribution in [0.25, 0.3) is 5.57 Å². The Balaban J connectivity index is 2.58. The number of benzene rings is 1. The summed E-state index contributed by atoms with van der Waals surface area (Å²) in [5.41, 5.74) is 1.47. The molecule has 82 valence electrons. The van der Waals surface area contributed by atoms with Crippen molar-refractivity contribution in [1.29, 1.82) is 0 Å². The van der Waals surface area contributed by atoms with E-state index in [0.717, 1.165) is 11.6 Å². The first-order chi connectivity index (χ1) is 7.61. The topological polar surface area (TPSA) is 0 Å². The van der Waals surface area contributed by atoms with Crippen LogP contribution in [0.15, 0.2) is 42.0 Å². The third kappa shape index (κ3) is 1.69. The maximum atomic E-state index is 13.5. The van der Waals surface area contributed by atoms with Crippen LogP contribution in [0, 0.1) is 17.5 Å². The van der Waals surface area contributed by atoms with E-state index in [9.17, 15) is 13.2 Å². The van der Waals surface area contributed by atoms with Crippen molar-refractivity contribution in [2.75, 3.05) is 0 Å². The van der Waals surface area contributed by atoms with E-state index in [1.807, 2.05) is 0 Å². The van der Waals surface area contributed by atoms with E-state index < -0.39 is 17.5 Å². The Morgan fingerprint density at radius 2 is 1.56 bits per heavy atom. The number of hydrogen-bond donors (Lipinski definition) is 0. The van der Waals surface area contributed by atoms with Crippen molar-refractivity contribution in [2.24, 2.45) is 0 Å². The van der Waals surface area contributed by atoms with Gasteiger partial charge in [0.25, 0.3) is 0 Å². The van der Waals surface area contributed by atoms with Crippen LogP contribution in [0.3, 0.4) is 0 Å². The molecule has 0 unspecified atom stereocenters. The molecular formula is C13H9F3. The van der Waals surface area contributed by atoms with E-state index in [4.69, 9.17) is 0 Å². The molecule has 0 nitrogen and oxygen atoms in total. The van der Waals surface area contributed by atoms with E-state index >= 15 is 0 Å². The van der Waals surface area contributed by atoms with Crippen molar-refractivity contribution in [3.8, 4) is 0 Å². The highest BCUT2D eigenvalue weighted by atomic mass is 19.2. The van der Waals surface area contributed by atoms with Crippen molar-refractivity contribution in [3.05, 3.63) is 65.0 Å². The van der Waals surface area contributed by atoms with Crippen LogP contribution in [0.1, 0.15) is 12.5 Å². The van der Waals surface area contributed by atoms with E-state index in [2.05, 4.69) is 0 Å². The van der Waals surface area contributed by atoms with Gasteiger partial charge in [-0.25, -0.2) is 13.2 Å². The lowest BCUT2D eigenvalue weighted by Gasteiger charge is -2.06. The molecule has 0 radical (unpaired) electrons. The molecule has 0 N–H and O–H groups in total. The Kier molecular flexibility index (Phi) is 2.69. The van der Waals surface area contributed by atoms with E-state index in [-0.39, 0.29) is 5.56 Å². The lowest BCUT2D eigenvalue weighted by Crippen LogP contribution is -1.96. The van der Waals surface area contributed by atoms with Gasteiger partial charge in [0.15, 0.2) is 17.5 Å². The van der Waals surface area contributed by atoms with Crippen molar-refractivity contribution in [3.63, 3.8) is 0 Å². The molecule has 1 aliphatic carbocycles. The highest BCUT2D eigenvalue weighted by Crippen LogP contribution is 2.26. The first-order valence-electron chi connectivity index (χ1n) is 4.80. The standard InChI is InChI=1S/C13H9F3/c1-8(9-4-2-3-5-9)10-6-7-11(14)13(16)12(10)15/h2-7H,1H3. The van der Waals surface area contributed by atoms with Gasteiger partial charge in [0, 0.05) is 5.56 Å². The second-order valence-electron chi connectivity index (χ2n) is 3.52. The first kappa shape index (κ1) is 10.7. The number of halogens is 3. The second-order valence-corrected chi connectivity index (χ2v) is 3.52. The molecule has 1 aromatic rings. The molecule has 3 heteroatoms. The van der Waals surface area contributed by atoms with Crippen LogP contribution in [0.2, 0.25) is 0 Å². The molecule has 1 aliphatic rings. The molecule has 2 rings (SSSR count). The zero-order valence-electron chi connectivity index (χ0n) is 8.60. The highest BCUT2D eigenvalue weighted by Gasteiger charge is 2.15. The Labute approximate surface area is 91.4 Å². The van der Waals surface area contributed by atoms with Crippen LogP contribution < -0.4 is 0 Å². The number of hydrogen-bond acceptors (Lipinski definition) is 0. The van der Waals surface area contributed by atoms with Gasteiger partial charge in [-0.2, -0.15) is 0 Å². The predicted molar refractivity (Wildman–Crippen MR) is 57.2 cm³/mol. The summed E-state index contributed by atoms with van der Waals surface area (Å²) in [5, 5.41) is 0. The molecular weight excluding hydrogens is 213 g/mol. The zero-order chi connectivity index (χ0) is 11.7. The van der Waals surface area contributed by atoms with Crippen molar-refractivity contribution < 1.29 is 13.2 Å². The molecule has 0 saturated carbocycles. The fraction of sp³-hybridized carbons (Fsp3) is 0.0769. The van der Waals surface area contributed by atoms with Gasteiger partial charge in [-0.1, -0.05) is 24.3 Å². The molecule has 0 saturated heterocycles. The van der Waals surface area contributed by atoms with Gasteiger partial charge in [0.1, 0.15) is 0 Å². The van der Waals surface area contributed by atoms with Gasteiger partial charge in [0.2, 0.25) is 0 Å². The summed E-state index contributed by atoms with van der Waals surface area (Å²) in [6.45, 7) is 1.67. The summed E-state index contributed by atoms with van der Waals surface area (Å²) in [4.78, 5) is 0. The normalized spacial score (nSPS) is 13.6. The summed E-state index contributed by atoms with van der Waals surface area (Å²) in [6, 6.07) is 2.18. The summed E-state index contributed by atoms with van der Waals surface area (Å²) >= 11 is 0. The Morgan fingerprint density at radius 1 is 0.938 bits per heavy atom. The number of allylic oxidation sites excluding steroid dienone is 6. The minimum Gasteiger partial charge on any atom is -0.204 e. The van der Waals surface area contributed by atoms with Crippen LogP contribution in [0.5, 0.6) is 0 Å². The zero-order valence-corrected chi connectivity index (χ0v) is 8.60. The summed E-state index contributed by atoms with van der Waals surface area (Å²) in [7, 11) is 0. The second kappa shape index (κ2) is 4.00. The highest BCUT2D eigenvalue weighted by molar-refractivity contribution is 5.73. The maximum absolute atomic E-state index is 13.5. The average Bonchev–Trinajstić information content (AvgIpc) is 2.79. The Bertz CT molecular complexity index is 508. The molecule has 0 aromatic heterocycles. The van der Waals surface area contributed by atoms with Gasteiger partial charge < -0.3 is 0 Å². The SMILES string of the molecule is CC(=C1C=CC=C1)c1ccc(F)c(F)c1F. The van der Waals surface area contributed by atoms with Gasteiger partial charge in [0.05, 0.1) is 0 Å². The predicted octanol–water partition coefficient (Wildman–Crippen LogP) is 4.00. The molecule has 1 aromatic carbocycles. The van der Waals surface area contributed by atoms with E-state index in [1.54, 1.807) is 31.2 Å². The third-order valence-corrected chi connectivity index (χ3v) is 2.53. The molecule has 0 spiro atoms. The molecule has 0 bridgehead atoms. The average molecular weight is 222 g/mol. The Hall–Kier alpha value is -1.77. The largest absolute Gasteiger partial charge is 0.204 e. The molecule has 0 aliphatic heterocycles. The molecule has 0 amide bonds. The van der Waals surface area contributed by atoms with Crippen LogP contribution in [-0.2, 0) is 0 Å². The van der Waals surface area contributed by atoms with Crippen LogP contribution >= 0.6 is 0 Å². The molecule has 0 atom stereocenters. The van der Waals surface area contributed by atoms with E-state index in [1.165, 1.54) is 6.07 Å². The van der Waals surface area contributed by atoms with Crippen molar-refractivity contribution in [2.45, 2.75) is 6.92 Å². The molecule has 16 heavy (non-hydrogen) atoms. The van der Waals surface area contributed by atoms with Gasteiger partial charge in [-0.05, 0) is 30.2 Å². The lowest BCUT2D eigenvalue weighted by atomic mass is 10.0. The fourth-order valence-corrected chi connectivity index (χ4v) is 1.60. The van der Waals surface area contributed by atoms with E-state index in [0.29, 0.717) is 5.57 Å². The maximum Gasteiger partial charge on any atom is 0.195 e. The van der Waals surface area contributed by atoms with Crippen molar-refractivity contribution in [1.82, 2.24) is 0 Å². The monoisotopic (exact) mass is 222 g/mol. The number of rotatable bonds is 1. The third-order valence-electron chi connectivity index (χ3n) is 2.53. The van der Waals surface area contributed by atoms with Gasteiger partial charge >= 0.3 is 0 Å². The van der Waals surface area contributed by atoms with Gasteiger partial charge in [-0.3, -0.25) is 0 Å². The Morgan fingerprint density at radius 3 is 2.19 bits per heavy atom. The smallest absolute Gasteiger partial charge is 0.195 e. The minimum absolute atomic E-state index is 0.0881.